The zero-order chi connectivity index (χ0) is 18.9. The number of nitrogens with one attached hydrogen (secondary N) is 1. The van der Waals surface area contributed by atoms with Gasteiger partial charge in [-0.25, -0.2) is 4.98 Å². The van der Waals surface area contributed by atoms with Crippen molar-refractivity contribution in [2.45, 2.75) is 32.9 Å². The van der Waals surface area contributed by atoms with E-state index in [1.165, 1.54) is 37.1 Å². The number of aromatic nitrogens is 4. The Kier molecular flexibility index (Phi) is 4.45. The van der Waals surface area contributed by atoms with Crippen molar-refractivity contribution in [3.63, 3.8) is 0 Å². The molecule has 5 rings (SSSR count). The molecule has 1 aliphatic heterocycles. The average molecular weight is 371 g/mol. The summed E-state index contributed by atoms with van der Waals surface area (Å²) in [6, 6.07) is 13.2. The topological polar surface area (TPSA) is 49.7 Å². The molecule has 5 heteroatoms. The summed E-state index contributed by atoms with van der Waals surface area (Å²) in [4.78, 5) is 10.6. The molecule has 1 saturated heterocycles. The molecule has 0 radical (unpaired) electrons. The van der Waals surface area contributed by atoms with Crippen molar-refractivity contribution >= 4 is 11.0 Å². The van der Waals surface area contributed by atoms with Gasteiger partial charge in [0.1, 0.15) is 5.65 Å². The van der Waals surface area contributed by atoms with E-state index in [1.807, 2.05) is 17.1 Å². The van der Waals surface area contributed by atoms with E-state index in [-0.39, 0.29) is 0 Å². The minimum absolute atomic E-state index is 0.871. The Labute approximate surface area is 165 Å². The molecular weight excluding hydrogens is 346 g/mol. The first-order valence-corrected chi connectivity index (χ1v) is 10.1. The van der Waals surface area contributed by atoms with E-state index in [4.69, 9.17) is 0 Å². The summed E-state index contributed by atoms with van der Waals surface area (Å²) in [6.07, 6.45) is 8.55. The van der Waals surface area contributed by atoms with Gasteiger partial charge in [-0.3, -0.25) is 9.58 Å². The summed E-state index contributed by atoms with van der Waals surface area (Å²) in [5, 5.41) is 5.55. The van der Waals surface area contributed by atoms with E-state index in [9.17, 15) is 0 Å². The van der Waals surface area contributed by atoms with Crippen molar-refractivity contribution in [3.05, 3.63) is 60.6 Å². The standard InChI is InChI=1S/C23H25N5/c1-2-28-16-19(14-25-28)20-9-10-24-23-21(20)13-22(26-23)18-7-5-17(6-8-18)15-27-11-3-4-12-27/h5-10,13-14,16H,2-4,11-12,15H2,1H3,(H,24,26). The number of hydrogen-bond acceptors (Lipinski definition) is 3. The second-order valence-corrected chi connectivity index (χ2v) is 7.57. The van der Waals surface area contributed by atoms with Crippen LogP contribution in [0.25, 0.3) is 33.4 Å². The first-order chi connectivity index (χ1) is 13.8. The first-order valence-electron chi connectivity index (χ1n) is 10.1. The average Bonchev–Trinajstić information content (AvgIpc) is 3.48. The fourth-order valence-electron chi connectivity index (χ4n) is 4.10. The van der Waals surface area contributed by atoms with Crippen LogP contribution in [0.5, 0.6) is 0 Å². The molecule has 1 aromatic carbocycles. The molecule has 4 aromatic rings. The van der Waals surface area contributed by atoms with Crippen LogP contribution in [-0.4, -0.2) is 37.7 Å². The van der Waals surface area contributed by atoms with Gasteiger partial charge in [0.05, 0.1) is 6.20 Å². The number of fused-ring (bicyclic) bond motifs is 1. The number of benzene rings is 1. The van der Waals surface area contributed by atoms with Gasteiger partial charge in [-0.2, -0.15) is 5.10 Å². The van der Waals surface area contributed by atoms with Crippen LogP contribution in [0.4, 0.5) is 0 Å². The Bertz CT molecular complexity index is 1080. The van der Waals surface area contributed by atoms with Crippen molar-refractivity contribution in [2.75, 3.05) is 13.1 Å². The molecule has 0 bridgehead atoms. The largest absolute Gasteiger partial charge is 0.339 e. The number of likely N-dealkylation sites (tertiary alicyclic amines) is 1. The predicted octanol–water partition coefficient (Wildman–Crippen LogP) is 4.71. The minimum Gasteiger partial charge on any atom is -0.339 e. The van der Waals surface area contributed by atoms with Crippen molar-refractivity contribution in [3.8, 4) is 22.4 Å². The molecule has 0 spiro atoms. The maximum atomic E-state index is 4.54. The monoisotopic (exact) mass is 371 g/mol. The number of nitrogens with zero attached hydrogens (tertiary/aromatic N) is 4. The Morgan fingerprint density at radius 1 is 1.04 bits per heavy atom. The quantitative estimate of drug-likeness (QED) is 0.553. The molecule has 3 aromatic heterocycles. The van der Waals surface area contributed by atoms with Crippen LogP contribution in [0.2, 0.25) is 0 Å². The summed E-state index contributed by atoms with van der Waals surface area (Å²) in [7, 11) is 0. The van der Waals surface area contributed by atoms with E-state index in [2.05, 4.69) is 69.5 Å². The van der Waals surface area contributed by atoms with Gasteiger partial charge in [0, 0.05) is 42.1 Å². The van der Waals surface area contributed by atoms with Crippen LogP contribution in [0, 0.1) is 0 Å². The lowest BCUT2D eigenvalue weighted by Crippen LogP contribution is -2.18. The molecule has 142 valence electrons. The summed E-state index contributed by atoms with van der Waals surface area (Å²) < 4.78 is 1.95. The highest BCUT2D eigenvalue weighted by Crippen LogP contribution is 2.31. The fraction of sp³-hybridized carbons (Fsp3) is 0.304. The molecule has 0 amide bonds. The molecule has 0 aliphatic carbocycles. The molecule has 1 fully saturated rings. The van der Waals surface area contributed by atoms with Gasteiger partial charge in [0.15, 0.2) is 0 Å². The van der Waals surface area contributed by atoms with Gasteiger partial charge in [-0.1, -0.05) is 24.3 Å². The van der Waals surface area contributed by atoms with Crippen molar-refractivity contribution < 1.29 is 0 Å². The normalized spacial score (nSPS) is 14.9. The Hall–Kier alpha value is -2.92. The van der Waals surface area contributed by atoms with Crippen LogP contribution in [0.15, 0.2) is 55.0 Å². The third-order valence-corrected chi connectivity index (χ3v) is 5.67. The van der Waals surface area contributed by atoms with Gasteiger partial charge < -0.3 is 4.98 Å². The third-order valence-electron chi connectivity index (χ3n) is 5.67. The van der Waals surface area contributed by atoms with Gasteiger partial charge in [0.25, 0.3) is 0 Å². The summed E-state index contributed by atoms with van der Waals surface area (Å²) in [5.74, 6) is 0. The zero-order valence-corrected chi connectivity index (χ0v) is 16.2. The maximum absolute atomic E-state index is 4.54. The number of rotatable bonds is 5. The molecule has 28 heavy (non-hydrogen) atoms. The van der Waals surface area contributed by atoms with Gasteiger partial charge in [0.2, 0.25) is 0 Å². The van der Waals surface area contributed by atoms with Crippen LogP contribution in [0.3, 0.4) is 0 Å². The molecule has 0 atom stereocenters. The van der Waals surface area contributed by atoms with Gasteiger partial charge in [-0.15, -0.1) is 0 Å². The van der Waals surface area contributed by atoms with Gasteiger partial charge in [-0.05, 0) is 61.7 Å². The lowest BCUT2D eigenvalue weighted by Gasteiger charge is -2.14. The second kappa shape index (κ2) is 7.24. The number of hydrogen-bond donors (Lipinski definition) is 1. The zero-order valence-electron chi connectivity index (χ0n) is 16.2. The summed E-state index contributed by atoms with van der Waals surface area (Å²) in [6.45, 7) is 6.48. The lowest BCUT2D eigenvalue weighted by molar-refractivity contribution is 0.331. The van der Waals surface area contributed by atoms with Gasteiger partial charge >= 0.3 is 0 Å². The van der Waals surface area contributed by atoms with Crippen molar-refractivity contribution in [1.82, 2.24) is 24.6 Å². The number of aryl methyl sites for hydroxylation is 1. The van der Waals surface area contributed by atoms with Crippen LogP contribution in [0.1, 0.15) is 25.3 Å². The van der Waals surface area contributed by atoms with Crippen molar-refractivity contribution in [1.29, 1.82) is 0 Å². The Morgan fingerprint density at radius 3 is 2.61 bits per heavy atom. The molecule has 0 unspecified atom stereocenters. The Balaban J connectivity index is 1.45. The van der Waals surface area contributed by atoms with E-state index >= 15 is 0 Å². The fourth-order valence-corrected chi connectivity index (χ4v) is 4.10. The maximum Gasteiger partial charge on any atom is 0.138 e. The van der Waals surface area contributed by atoms with Crippen LogP contribution in [-0.2, 0) is 13.1 Å². The summed E-state index contributed by atoms with van der Waals surface area (Å²) >= 11 is 0. The predicted molar refractivity (Wildman–Crippen MR) is 113 cm³/mol. The highest BCUT2D eigenvalue weighted by atomic mass is 15.3. The van der Waals surface area contributed by atoms with Crippen LogP contribution >= 0.6 is 0 Å². The molecule has 0 saturated carbocycles. The number of aromatic amines is 1. The lowest BCUT2D eigenvalue weighted by atomic mass is 10.1. The minimum atomic E-state index is 0.871. The number of H-pyrrole nitrogens is 1. The molecule has 4 heterocycles. The smallest absolute Gasteiger partial charge is 0.138 e. The highest BCUT2D eigenvalue weighted by molar-refractivity contribution is 5.95. The summed E-state index contributed by atoms with van der Waals surface area (Å²) in [5.41, 5.74) is 6.88. The van der Waals surface area contributed by atoms with Crippen molar-refractivity contribution in [2.24, 2.45) is 0 Å². The Morgan fingerprint density at radius 2 is 1.86 bits per heavy atom. The third kappa shape index (κ3) is 3.22. The van der Waals surface area contributed by atoms with E-state index in [1.54, 1.807) is 0 Å². The highest BCUT2D eigenvalue weighted by Gasteiger charge is 2.13. The SMILES string of the molecule is CCn1cc(-c2ccnc3[nH]c(-c4ccc(CN5CCCC5)cc4)cc23)cn1. The molecule has 1 aliphatic rings. The molecule has 5 nitrogen and oxygen atoms in total. The second-order valence-electron chi connectivity index (χ2n) is 7.57. The molecule has 1 N–H and O–H groups in total. The van der Waals surface area contributed by atoms with E-state index in [0.29, 0.717) is 0 Å². The first kappa shape index (κ1) is 17.2. The van der Waals surface area contributed by atoms with E-state index < -0.39 is 0 Å². The van der Waals surface area contributed by atoms with E-state index in [0.717, 1.165) is 40.9 Å². The number of pyridine rings is 1. The van der Waals surface area contributed by atoms with Crippen LogP contribution < -0.4 is 0 Å². The molecular formula is C23H25N5.